The molecule has 2 aromatic rings. The molecule has 2 rings (SSSR count). The maximum Gasteiger partial charge on any atom is 0.306 e. The second-order valence-corrected chi connectivity index (χ2v) is 7.77. The molecule has 8 heteroatoms. The molecule has 0 heterocycles. The highest BCUT2D eigenvalue weighted by molar-refractivity contribution is 9.10. The van der Waals surface area contributed by atoms with Crippen LogP contribution in [-0.4, -0.2) is 24.4 Å². The first-order valence-corrected chi connectivity index (χ1v) is 10.2. The van der Waals surface area contributed by atoms with E-state index in [-0.39, 0.29) is 25.4 Å². The Morgan fingerprint density at radius 1 is 0.966 bits per heavy atom. The number of esters is 1. The summed E-state index contributed by atoms with van der Waals surface area (Å²) in [6.07, 6.45) is 0.524. The standard InChI is InChI=1S/C21H22BrClN2O4/c1-13-9-17(10-14(2)21(13)22)25-19(27)12-29-20(28)8-4-7-18(26)24-16-6-3-5-15(23)11-16/h3,5-6,9-11H,4,7-8,12H2,1-2H3,(H,24,26)(H,25,27). The minimum atomic E-state index is -0.529. The summed E-state index contributed by atoms with van der Waals surface area (Å²) in [6, 6.07) is 10.5. The van der Waals surface area contributed by atoms with E-state index in [0.29, 0.717) is 22.8 Å². The summed E-state index contributed by atoms with van der Waals surface area (Å²) in [6.45, 7) is 3.48. The number of carbonyl (C=O) groups excluding carboxylic acids is 3. The van der Waals surface area contributed by atoms with Crippen molar-refractivity contribution in [2.75, 3.05) is 17.2 Å². The Bertz CT molecular complexity index is 894. The molecular formula is C21H22BrClN2O4. The van der Waals surface area contributed by atoms with Gasteiger partial charge in [-0.25, -0.2) is 0 Å². The van der Waals surface area contributed by atoms with Gasteiger partial charge in [0.15, 0.2) is 6.61 Å². The van der Waals surface area contributed by atoms with E-state index in [1.165, 1.54) is 0 Å². The van der Waals surface area contributed by atoms with Crippen molar-refractivity contribution in [3.63, 3.8) is 0 Å². The van der Waals surface area contributed by atoms with Gasteiger partial charge in [0.25, 0.3) is 5.91 Å². The van der Waals surface area contributed by atoms with Gasteiger partial charge in [0.1, 0.15) is 0 Å². The predicted octanol–water partition coefficient (Wildman–Crippen LogP) is 5.01. The summed E-state index contributed by atoms with van der Waals surface area (Å²) >= 11 is 9.33. The molecule has 0 bridgehead atoms. The van der Waals surface area contributed by atoms with Gasteiger partial charge in [-0.2, -0.15) is 0 Å². The maximum absolute atomic E-state index is 12.0. The fourth-order valence-electron chi connectivity index (χ4n) is 2.62. The third kappa shape index (κ3) is 7.87. The molecule has 6 nitrogen and oxygen atoms in total. The first kappa shape index (κ1) is 22.9. The van der Waals surface area contributed by atoms with Gasteiger partial charge < -0.3 is 15.4 Å². The summed E-state index contributed by atoms with van der Waals surface area (Å²) in [4.78, 5) is 35.6. The average molecular weight is 482 g/mol. The van der Waals surface area contributed by atoms with Crippen LogP contribution in [0.25, 0.3) is 0 Å². The number of benzene rings is 2. The Balaban J connectivity index is 1.67. The van der Waals surface area contributed by atoms with Crippen LogP contribution >= 0.6 is 27.5 Å². The second-order valence-electron chi connectivity index (χ2n) is 6.54. The van der Waals surface area contributed by atoms with Crippen molar-refractivity contribution in [3.8, 4) is 0 Å². The number of halogens is 2. The Hall–Kier alpha value is -2.38. The van der Waals surface area contributed by atoms with Gasteiger partial charge in [-0.1, -0.05) is 33.6 Å². The minimum absolute atomic E-state index is 0.0484. The monoisotopic (exact) mass is 480 g/mol. The molecule has 2 aromatic carbocycles. The molecule has 0 aliphatic heterocycles. The van der Waals surface area contributed by atoms with Gasteiger partial charge in [-0.15, -0.1) is 0 Å². The zero-order chi connectivity index (χ0) is 21.4. The van der Waals surface area contributed by atoms with E-state index in [1.807, 2.05) is 26.0 Å². The normalized spacial score (nSPS) is 10.3. The molecule has 2 N–H and O–H groups in total. The molecule has 154 valence electrons. The molecule has 0 unspecified atom stereocenters. The number of aryl methyl sites for hydroxylation is 2. The third-order valence-corrected chi connectivity index (χ3v) is 5.46. The van der Waals surface area contributed by atoms with E-state index in [4.69, 9.17) is 16.3 Å². The highest BCUT2D eigenvalue weighted by Crippen LogP contribution is 2.25. The topological polar surface area (TPSA) is 84.5 Å². The first-order chi connectivity index (χ1) is 13.7. The van der Waals surface area contributed by atoms with Crippen LogP contribution in [0.3, 0.4) is 0 Å². The van der Waals surface area contributed by atoms with Crippen LogP contribution in [0.1, 0.15) is 30.4 Å². The lowest BCUT2D eigenvalue weighted by molar-refractivity contribution is -0.147. The van der Waals surface area contributed by atoms with E-state index in [9.17, 15) is 14.4 Å². The van der Waals surface area contributed by atoms with Crippen LogP contribution in [0.5, 0.6) is 0 Å². The number of nitrogens with one attached hydrogen (secondary N) is 2. The molecule has 0 radical (unpaired) electrons. The number of ether oxygens (including phenoxy) is 1. The van der Waals surface area contributed by atoms with Gasteiger partial charge in [-0.05, 0) is 61.7 Å². The molecule has 0 saturated carbocycles. The molecule has 0 aromatic heterocycles. The van der Waals surface area contributed by atoms with Crippen LogP contribution in [0, 0.1) is 13.8 Å². The Morgan fingerprint density at radius 2 is 1.62 bits per heavy atom. The van der Waals surface area contributed by atoms with Crippen LogP contribution < -0.4 is 10.6 Å². The molecule has 0 spiro atoms. The summed E-state index contributed by atoms with van der Waals surface area (Å²) in [5, 5.41) is 5.93. The molecule has 2 amide bonds. The predicted molar refractivity (Wildman–Crippen MR) is 117 cm³/mol. The maximum atomic E-state index is 12.0. The number of anilines is 2. The molecule has 0 saturated heterocycles. The smallest absolute Gasteiger partial charge is 0.306 e. The summed E-state index contributed by atoms with van der Waals surface area (Å²) in [5.74, 6) is -1.17. The van der Waals surface area contributed by atoms with Crippen molar-refractivity contribution >= 4 is 56.7 Å². The van der Waals surface area contributed by atoms with Crippen LogP contribution in [-0.2, 0) is 19.1 Å². The molecule has 0 aliphatic rings. The number of hydrogen-bond donors (Lipinski definition) is 2. The van der Waals surface area contributed by atoms with E-state index in [2.05, 4.69) is 26.6 Å². The highest BCUT2D eigenvalue weighted by Gasteiger charge is 2.11. The Labute approximate surface area is 183 Å². The van der Waals surface area contributed by atoms with E-state index in [1.54, 1.807) is 24.3 Å². The van der Waals surface area contributed by atoms with Gasteiger partial charge in [0, 0.05) is 33.7 Å². The van der Waals surface area contributed by atoms with Gasteiger partial charge in [-0.3, -0.25) is 14.4 Å². The zero-order valence-corrected chi connectivity index (χ0v) is 18.5. The molecule has 0 aliphatic carbocycles. The average Bonchev–Trinajstić information content (AvgIpc) is 2.64. The number of amides is 2. The van der Waals surface area contributed by atoms with Gasteiger partial charge in [0.2, 0.25) is 5.91 Å². The van der Waals surface area contributed by atoms with Crippen LogP contribution in [0.15, 0.2) is 40.9 Å². The summed E-state index contributed by atoms with van der Waals surface area (Å²) in [7, 11) is 0. The summed E-state index contributed by atoms with van der Waals surface area (Å²) in [5.41, 5.74) is 3.23. The molecular weight excluding hydrogens is 460 g/mol. The van der Waals surface area contributed by atoms with E-state index < -0.39 is 11.9 Å². The van der Waals surface area contributed by atoms with Crippen molar-refractivity contribution in [2.45, 2.75) is 33.1 Å². The lowest BCUT2D eigenvalue weighted by Crippen LogP contribution is -2.21. The third-order valence-electron chi connectivity index (χ3n) is 3.98. The first-order valence-electron chi connectivity index (χ1n) is 9.02. The van der Waals surface area contributed by atoms with Crippen LogP contribution in [0.2, 0.25) is 5.02 Å². The SMILES string of the molecule is Cc1cc(NC(=O)COC(=O)CCCC(=O)Nc2cccc(Cl)c2)cc(C)c1Br. The summed E-state index contributed by atoms with van der Waals surface area (Å²) < 4.78 is 5.95. The number of hydrogen-bond acceptors (Lipinski definition) is 4. The van der Waals surface area contributed by atoms with Crippen molar-refractivity contribution in [1.82, 2.24) is 0 Å². The molecule has 0 fully saturated rings. The Morgan fingerprint density at radius 3 is 2.28 bits per heavy atom. The largest absolute Gasteiger partial charge is 0.456 e. The van der Waals surface area contributed by atoms with E-state index >= 15 is 0 Å². The highest BCUT2D eigenvalue weighted by atomic mass is 79.9. The fraction of sp³-hybridized carbons (Fsp3) is 0.286. The Kier molecular flexibility index (Phi) is 8.67. The molecule has 0 atom stereocenters. The second kappa shape index (κ2) is 11.0. The van der Waals surface area contributed by atoms with Crippen molar-refractivity contribution in [2.24, 2.45) is 0 Å². The van der Waals surface area contributed by atoms with Crippen LogP contribution in [0.4, 0.5) is 11.4 Å². The van der Waals surface area contributed by atoms with Crippen molar-refractivity contribution < 1.29 is 19.1 Å². The number of carbonyl (C=O) groups is 3. The lowest BCUT2D eigenvalue weighted by Gasteiger charge is -2.10. The minimum Gasteiger partial charge on any atom is -0.456 e. The van der Waals surface area contributed by atoms with Gasteiger partial charge >= 0.3 is 5.97 Å². The van der Waals surface area contributed by atoms with Gasteiger partial charge in [0.05, 0.1) is 0 Å². The fourth-order valence-corrected chi connectivity index (χ4v) is 3.04. The van der Waals surface area contributed by atoms with Crippen molar-refractivity contribution in [1.29, 1.82) is 0 Å². The quantitative estimate of drug-likeness (QED) is 0.519. The van der Waals surface area contributed by atoms with Crippen molar-refractivity contribution in [3.05, 3.63) is 57.0 Å². The van der Waals surface area contributed by atoms with E-state index in [0.717, 1.165) is 15.6 Å². The zero-order valence-electron chi connectivity index (χ0n) is 16.2. The number of rotatable bonds is 8. The lowest BCUT2D eigenvalue weighted by atomic mass is 10.1. The molecule has 29 heavy (non-hydrogen) atoms.